The normalized spacial score (nSPS) is 18.6. The molecule has 1 aromatic rings. The molecule has 2 heteroatoms. The van der Waals surface area contributed by atoms with Gasteiger partial charge in [0.25, 0.3) is 0 Å². The molecular weight excluding hydrogens is 172 g/mol. The van der Waals surface area contributed by atoms with Gasteiger partial charge in [0.05, 0.1) is 0 Å². The maximum absolute atomic E-state index is 3.42. The highest BCUT2D eigenvalue weighted by Gasteiger charge is 2.14. The molecule has 1 aliphatic heterocycles. The summed E-state index contributed by atoms with van der Waals surface area (Å²) < 4.78 is 2.36. The van der Waals surface area contributed by atoms with Gasteiger partial charge in [-0.1, -0.05) is 0 Å². The van der Waals surface area contributed by atoms with Crippen molar-refractivity contribution in [2.45, 2.75) is 32.7 Å². The second kappa shape index (κ2) is 4.65. The zero-order valence-electron chi connectivity index (χ0n) is 9.00. The van der Waals surface area contributed by atoms with Gasteiger partial charge in [-0.3, -0.25) is 0 Å². The molecule has 0 spiro atoms. The van der Waals surface area contributed by atoms with Gasteiger partial charge in [0.15, 0.2) is 0 Å². The Bertz CT molecular complexity index is 272. The molecule has 2 rings (SSSR count). The third-order valence-corrected chi connectivity index (χ3v) is 3.22. The van der Waals surface area contributed by atoms with Gasteiger partial charge < -0.3 is 9.88 Å². The van der Waals surface area contributed by atoms with Gasteiger partial charge in [-0.2, -0.15) is 0 Å². The number of hydrogen-bond acceptors (Lipinski definition) is 1. The van der Waals surface area contributed by atoms with Crippen LogP contribution in [0.5, 0.6) is 0 Å². The van der Waals surface area contributed by atoms with Gasteiger partial charge in [-0.15, -0.1) is 0 Å². The number of aromatic nitrogens is 1. The van der Waals surface area contributed by atoms with Crippen molar-refractivity contribution in [1.82, 2.24) is 9.88 Å². The Morgan fingerprint density at radius 2 is 2.21 bits per heavy atom. The van der Waals surface area contributed by atoms with E-state index >= 15 is 0 Å². The predicted octanol–water partition coefficient (Wildman–Crippen LogP) is 2.05. The molecule has 0 atom stereocenters. The fraction of sp³-hybridized carbons (Fsp3) is 0.667. The summed E-state index contributed by atoms with van der Waals surface area (Å²) in [5.41, 5.74) is 1.51. The van der Waals surface area contributed by atoms with Crippen LogP contribution < -0.4 is 5.32 Å². The van der Waals surface area contributed by atoms with Crippen molar-refractivity contribution in [2.24, 2.45) is 5.92 Å². The summed E-state index contributed by atoms with van der Waals surface area (Å²) in [6, 6.07) is 4.44. The Hall–Kier alpha value is -0.760. The van der Waals surface area contributed by atoms with E-state index in [-0.39, 0.29) is 0 Å². The second-order valence-corrected chi connectivity index (χ2v) is 4.18. The van der Waals surface area contributed by atoms with Crippen LogP contribution in [0.1, 0.15) is 25.5 Å². The van der Waals surface area contributed by atoms with E-state index in [1.165, 1.54) is 38.0 Å². The molecular formula is C12H20N2. The molecule has 0 bridgehead atoms. The molecule has 1 saturated heterocycles. The van der Waals surface area contributed by atoms with Crippen LogP contribution in [0.4, 0.5) is 0 Å². The molecule has 0 amide bonds. The van der Waals surface area contributed by atoms with Crippen molar-refractivity contribution >= 4 is 0 Å². The summed E-state index contributed by atoms with van der Waals surface area (Å²) in [5, 5.41) is 3.42. The minimum Gasteiger partial charge on any atom is -0.352 e. The minimum absolute atomic E-state index is 0.899. The lowest BCUT2D eigenvalue weighted by molar-refractivity contribution is 0.366. The molecule has 1 fully saturated rings. The van der Waals surface area contributed by atoms with Gasteiger partial charge in [0, 0.05) is 18.4 Å². The van der Waals surface area contributed by atoms with E-state index in [1.807, 2.05) is 0 Å². The second-order valence-electron chi connectivity index (χ2n) is 4.18. The van der Waals surface area contributed by atoms with Crippen molar-refractivity contribution in [1.29, 1.82) is 0 Å². The van der Waals surface area contributed by atoms with Gasteiger partial charge in [-0.25, -0.2) is 0 Å². The monoisotopic (exact) mass is 192 g/mol. The van der Waals surface area contributed by atoms with E-state index < -0.39 is 0 Å². The lowest BCUT2D eigenvalue weighted by Crippen LogP contribution is -2.29. The van der Waals surface area contributed by atoms with Gasteiger partial charge in [-0.05, 0) is 57.3 Å². The highest BCUT2D eigenvalue weighted by Crippen LogP contribution is 2.18. The van der Waals surface area contributed by atoms with E-state index in [0.717, 1.165) is 12.5 Å². The average molecular weight is 192 g/mol. The molecule has 78 valence electrons. The largest absolute Gasteiger partial charge is 0.352 e. The SMILES string of the molecule is CCn1cccc1CC1CCNCC1. The Morgan fingerprint density at radius 3 is 2.93 bits per heavy atom. The van der Waals surface area contributed by atoms with Crippen molar-refractivity contribution < 1.29 is 0 Å². The maximum Gasteiger partial charge on any atom is 0.0193 e. The predicted molar refractivity (Wildman–Crippen MR) is 59.4 cm³/mol. The van der Waals surface area contributed by atoms with Gasteiger partial charge in [0.2, 0.25) is 0 Å². The zero-order valence-corrected chi connectivity index (χ0v) is 9.00. The van der Waals surface area contributed by atoms with Crippen LogP contribution >= 0.6 is 0 Å². The molecule has 1 aromatic heterocycles. The Morgan fingerprint density at radius 1 is 1.43 bits per heavy atom. The fourth-order valence-electron chi connectivity index (χ4n) is 2.32. The number of rotatable bonds is 3. The zero-order chi connectivity index (χ0) is 9.80. The highest BCUT2D eigenvalue weighted by molar-refractivity contribution is 5.08. The third kappa shape index (κ3) is 2.18. The molecule has 0 unspecified atom stereocenters. The topological polar surface area (TPSA) is 17.0 Å². The number of aryl methyl sites for hydroxylation is 1. The van der Waals surface area contributed by atoms with Gasteiger partial charge >= 0.3 is 0 Å². The van der Waals surface area contributed by atoms with E-state index in [2.05, 4.69) is 35.1 Å². The van der Waals surface area contributed by atoms with E-state index in [9.17, 15) is 0 Å². The summed E-state index contributed by atoms with van der Waals surface area (Å²) >= 11 is 0. The quantitative estimate of drug-likeness (QED) is 0.775. The van der Waals surface area contributed by atoms with Gasteiger partial charge in [0.1, 0.15) is 0 Å². The molecule has 2 heterocycles. The van der Waals surface area contributed by atoms with Crippen LogP contribution in [-0.2, 0) is 13.0 Å². The van der Waals surface area contributed by atoms with E-state index in [4.69, 9.17) is 0 Å². The smallest absolute Gasteiger partial charge is 0.0193 e. The first kappa shape index (κ1) is 9.78. The lowest BCUT2D eigenvalue weighted by Gasteiger charge is -2.22. The first-order chi connectivity index (χ1) is 6.90. The third-order valence-electron chi connectivity index (χ3n) is 3.22. The molecule has 2 nitrogen and oxygen atoms in total. The molecule has 1 aliphatic rings. The summed E-state index contributed by atoms with van der Waals surface area (Å²) in [4.78, 5) is 0. The van der Waals surface area contributed by atoms with Crippen LogP contribution in [0, 0.1) is 5.92 Å². The van der Waals surface area contributed by atoms with Crippen LogP contribution in [0.3, 0.4) is 0 Å². The number of nitrogens with zero attached hydrogens (tertiary/aromatic N) is 1. The molecule has 14 heavy (non-hydrogen) atoms. The summed E-state index contributed by atoms with van der Waals surface area (Å²) in [6.45, 7) is 5.73. The van der Waals surface area contributed by atoms with E-state index in [0.29, 0.717) is 0 Å². The van der Waals surface area contributed by atoms with E-state index in [1.54, 1.807) is 0 Å². The van der Waals surface area contributed by atoms with Crippen molar-refractivity contribution in [3.63, 3.8) is 0 Å². The van der Waals surface area contributed by atoms with Crippen LogP contribution in [0.15, 0.2) is 18.3 Å². The van der Waals surface area contributed by atoms with Crippen LogP contribution in [0.25, 0.3) is 0 Å². The van der Waals surface area contributed by atoms with Crippen LogP contribution in [-0.4, -0.2) is 17.7 Å². The Kier molecular flexibility index (Phi) is 3.25. The fourth-order valence-corrected chi connectivity index (χ4v) is 2.32. The first-order valence-electron chi connectivity index (χ1n) is 5.75. The molecule has 0 radical (unpaired) electrons. The highest BCUT2D eigenvalue weighted by atomic mass is 15.0. The maximum atomic E-state index is 3.42. The summed E-state index contributed by atoms with van der Waals surface area (Å²) in [7, 11) is 0. The van der Waals surface area contributed by atoms with Crippen molar-refractivity contribution in [2.75, 3.05) is 13.1 Å². The number of nitrogens with one attached hydrogen (secondary N) is 1. The average Bonchev–Trinajstić information content (AvgIpc) is 2.67. The first-order valence-corrected chi connectivity index (χ1v) is 5.75. The van der Waals surface area contributed by atoms with Crippen LogP contribution in [0.2, 0.25) is 0 Å². The summed E-state index contributed by atoms with van der Waals surface area (Å²) in [5.74, 6) is 0.899. The summed E-state index contributed by atoms with van der Waals surface area (Å²) in [6.07, 6.45) is 6.14. The lowest BCUT2D eigenvalue weighted by atomic mass is 9.93. The molecule has 0 aromatic carbocycles. The number of hydrogen-bond donors (Lipinski definition) is 1. The molecule has 0 aliphatic carbocycles. The Labute approximate surface area is 86.3 Å². The standard InChI is InChI=1S/C12H20N2/c1-2-14-9-3-4-12(14)10-11-5-7-13-8-6-11/h3-4,9,11,13H,2,5-8,10H2,1H3. The molecule has 0 saturated carbocycles. The van der Waals surface area contributed by atoms with Crippen molar-refractivity contribution in [3.8, 4) is 0 Å². The molecule has 1 N–H and O–H groups in total. The number of piperidine rings is 1. The minimum atomic E-state index is 0.899. The van der Waals surface area contributed by atoms with Crippen molar-refractivity contribution in [3.05, 3.63) is 24.0 Å². The Balaban J connectivity index is 1.95.